The molecule has 3 aliphatic heterocycles. The standard InChI is InChI=1S/C25H23ClN4O2S.CHF3O3S/c26-18-3-1-15(2-4-18)23-28-20-9-12-29(25(32)22(20)33-23)19-5-6-21-16(13-19)8-11-30(21)24(31)17-7-10-27-14-17;2-1(3,4)8(5,6)7/h1-6,13,17,27H,7-12,14H2;(H,5,6,7)/t17-;/m0./s1. The van der Waals surface area contributed by atoms with Gasteiger partial charge in [-0.05, 0) is 55.3 Å². The van der Waals surface area contributed by atoms with Crippen LogP contribution in [0.25, 0.3) is 10.6 Å². The lowest BCUT2D eigenvalue weighted by Gasteiger charge is -2.27. The zero-order valence-electron chi connectivity index (χ0n) is 21.3. The van der Waals surface area contributed by atoms with Crippen LogP contribution in [0.4, 0.5) is 24.5 Å². The Hall–Kier alpha value is -3.04. The van der Waals surface area contributed by atoms with Gasteiger partial charge in [0.15, 0.2) is 0 Å². The summed E-state index contributed by atoms with van der Waals surface area (Å²) in [5, 5.41) is 4.80. The van der Waals surface area contributed by atoms with Crippen molar-refractivity contribution >= 4 is 56.2 Å². The normalized spacial score (nSPS) is 18.6. The summed E-state index contributed by atoms with van der Waals surface area (Å²) in [6.45, 7) is 2.99. The van der Waals surface area contributed by atoms with E-state index in [0.717, 1.165) is 65.6 Å². The van der Waals surface area contributed by atoms with Gasteiger partial charge in [0.25, 0.3) is 5.91 Å². The molecule has 0 unspecified atom stereocenters. The number of nitrogens with zero attached hydrogens (tertiary/aromatic N) is 3. The van der Waals surface area contributed by atoms with Gasteiger partial charge in [-0.2, -0.15) is 21.6 Å². The smallest absolute Gasteiger partial charge is 0.316 e. The second-order valence-corrected chi connectivity index (χ2v) is 12.5. The number of rotatable bonds is 3. The van der Waals surface area contributed by atoms with Gasteiger partial charge in [-0.25, -0.2) is 4.98 Å². The highest BCUT2D eigenvalue weighted by molar-refractivity contribution is 7.86. The van der Waals surface area contributed by atoms with Crippen LogP contribution in [0.3, 0.4) is 0 Å². The number of halogens is 4. The van der Waals surface area contributed by atoms with Gasteiger partial charge in [-0.15, -0.1) is 11.3 Å². The van der Waals surface area contributed by atoms with Crippen LogP contribution in [-0.2, 0) is 27.8 Å². The lowest BCUT2D eigenvalue weighted by Crippen LogP contribution is -2.37. The van der Waals surface area contributed by atoms with Crippen LogP contribution in [0.2, 0.25) is 5.02 Å². The molecule has 4 heterocycles. The molecule has 3 aromatic rings. The maximum atomic E-state index is 13.4. The van der Waals surface area contributed by atoms with Gasteiger partial charge in [0.1, 0.15) is 9.88 Å². The lowest BCUT2D eigenvalue weighted by atomic mass is 10.1. The summed E-state index contributed by atoms with van der Waals surface area (Å²) in [7, 11) is -5.84. The minimum atomic E-state index is -5.84. The van der Waals surface area contributed by atoms with Gasteiger partial charge in [-0.1, -0.05) is 23.7 Å². The van der Waals surface area contributed by atoms with Crippen molar-refractivity contribution in [3.63, 3.8) is 0 Å². The maximum Gasteiger partial charge on any atom is 0.522 e. The summed E-state index contributed by atoms with van der Waals surface area (Å²) in [6.07, 6.45) is 2.45. The van der Waals surface area contributed by atoms with E-state index in [1.54, 1.807) is 0 Å². The third kappa shape index (κ3) is 6.11. The van der Waals surface area contributed by atoms with Crippen molar-refractivity contribution in [3.05, 3.63) is 63.6 Å². The highest BCUT2D eigenvalue weighted by Crippen LogP contribution is 2.37. The monoisotopic (exact) mass is 628 g/mol. The molecule has 0 saturated carbocycles. The van der Waals surface area contributed by atoms with E-state index in [9.17, 15) is 22.8 Å². The van der Waals surface area contributed by atoms with Crippen molar-refractivity contribution in [2.24, 2.45) is 5.92 Å². The number of hydrogen-bond acceptors (Lipinski definition) is 7. The van der Waals surface area contributed by atoms with E-state index >= 15 is 0 Å². The number of anilines is 2. The van der Waals surface area contributed by atoms with E-state index < -0.39 is 15.6 Å². The molecule has 6 rings (SSSR count). The fourth-order valence-corrected chi connectivity index (χ4v) is 6.16. The molecule has 1 saturated heterocycles. The van der Waals surface area contributed by atoms with E-state index in [0.29, 0.717) is 23.0 Å². The fourth-order valence-electron chi connectivity index (χ4n) is 4.96. The molecule has 2 N–H and O–H groups in total. The minimum Gasteiger partial charge on any atom is -0.316 e. The van der Waals surface area contributed by atoms with E-state index in [-0.39, 0.29) is 17.7 Å². The number of carbonyl (C=O) groups is 2. The van der Waals surface area contributed by atoms with Crippen LogP contribution < -0.4 is 15.1 Å². The predicted octanol–water partition coefficient (Wildman–Crippen LogP) is 4.56. The number of hydrogen-bond donors (Lipinski definition) is 2. The molecule has 1 atom stereocenters. The number of thiazole rings is 1. The molecule has 1 fully saturated rings. The van der Waals surface area contributed by atoms with Crippen molar-refractivity contribution in [1.29, 1.82) is 0 Å². The molecule has 2 aromatic carbocycles. The molecule has 2 amide bonds. The highest BCUT2D eigenvalue weighted by Gasteiger charge is 2.44. The van der Waals surface area contributed by atoms with Gasteiger partial charge < -0.3 is 15.1 Å². The topological polar surface area (TPSA) is 120 Å². The summed E-state index contributed by atoms with van der Waals surface area (Å²) in [6, 6.07) is 13.6. The second-order valence-electron chi connectivity index (χ2n) is 9.67. The molecule has 1 aromatic heterocycles. The second kappa shape index (κ2) is 11.3. The Morgan fingerprint density at radius 1 is 1.12 bits per heavy atom. The Bertz CT molecular complexity index is 1590. The summed E-state index contributed by atoms with van der Waals surface area (Å²) in [5.41, 5.74) is -0.678. The van der Waals surface area contributed by atoms with Crippen LogP contribution in [-0.4, -0.2) is 61.5 Å². The first-order chi connectivity index (χ1) is 19.3. The van der Waals surface area contributed by atoms with Crippen molar-refractivity contribution in [2.45, 2.75) is 24.8 Å². The number of alkyl halides is 3. The Labute approximate surface area is 242 Å². The average molecular weight is 629 g/mol. The third-order valence-electron chi connectivity index (χ3n) is 7.04. The quantitative estimate of drug-likeness (QED) is 0.322. The maximum absolute atomic E-state index is 13.4. The average Bonchev–Trinajstić information content (AvgIpc) is 3.68. The van der Waals surface area contributed by atoms with Crippen LogP contribution in [0, 0.1) is 5.92 Å². The molecular weight excluding hydrogens is 605 g/mol. The molecule has 0 bridgehead atoms. The van der Waals surface area contributed by atoms with Gasteiger partial charge in [0.05, 0.1) is 11.6 Å². The Balaban J connectivity index is 0.000000372. The summed E-state index contributed by atoms with van der Waals surface area (Å²) >= 11 is 7.45. The summed E-state index contributed by atoms with van der Waals surface area (Å²) in [5.74, 6) is 0.278. The predicted molar refractivity (Wildman–Crippen MR) is 149 cm³/mol. The first-order valence-electron chi connectivity index (χ1n) is 12.6. The van der Waals surface area contributed by atoms with Crippen LogP contribution >= 0.6 is 22.9 Å². The minimum absolute atomic E-state index is 0.00290. The summed E-state index contributed by atoms with van der Waals surface area (Å²) in [4.78, 5) is 35.5. The van der Waals surface area contributed by atoms with Gasteiger partial charge in [-0.3, -0.25) is 14.1 Å². The van der Waals surface area contributed by atoms with Gasteiger partial charge >= 0.3 is 15.6 Å². The van der Waals surface area contributed by atoms with Crippen molar-refractivity contribution in [1.82, 2.24) is 10.3 Å². The largest absolute Gasteiger partial charge is 0.522 e. The van der Waals surface area contributed by atoms with E-state index in [4.69, 9.17) is 29.6 Å². The zero-order valence-corrected chi connectivity index (χ0v) is 23.7. The Morgan fingerprint density at radius 3 is 2.46 bits per heavy atom. The van der Waals surface area contributed by atoms with Crippen molar-refractivity contribution < 1.29 is 35.7 Å². The van der Waals surface area contributed by atoms with Gasteiger partial charge in [0.2, 0.25) is 5.91 Å². The first-order valence-corrected chi connectivity index (χ1v) is 15.2. The highest BCUT2D eigenvalue weighted by atomic mass is 35.5. The molecule has 3 aliphatic rings. The number of fused-ring (bicyclic) bond motifs is 2. The molecule has 0 radical (unpaired) electrons. The van der Waals surface area contributed by atoms with Crippen LogP contribution in [0.5, 0.6) is 0 Å². The molecule has 41 heavy (non-hydrogen) atoms. The van der Waals surface area contributed by atoms with Crippen LogP contribution in [0.1, 0.15) is 27.3 Å². The van der Waals surface area contributed by atoms with E-state index in [2.05, 4.69) is 11.4 Å². The van der Waals surface area contributed by atoms with Crippen molar-refractivity contribution in [2.75, 3.05) is 36.0 Å². The van der Waals surface area contributed by atoms with E-state index in [1.807, 2.05) is 46.2 Å². The Kier molecular flexibility index (Phi) is 8.14. The lowest BCUT2D eigenvalue weighted by molar-refractivity contribution is -0.121. The van der Waals surface area contributed by atoms with Gasteiger partial charge in [0, 0.05) is 48.0 Å². The zero-order chi connectivity index (χ0) is 29.5. The molecule has 9 nitrogen and oxygen atoms in total. The fraction of sp³-hybridized carbons (Fsp3) is 0.346. The van der Waals surface area contributed by atoms with E-state index in [1.165, 1.54) is 11.3 Å². The SMILES string of the molecule is O=C1c2sc(-c3ccc(Cl)cc3)nc2CCN1c1ccc2c(c1)CCN2C(=O)[C@H]1CCNC1.O=S(=O)(O)C(F)(F)F. The van der Waals surface area contributed by atoms with Crippen molar-refractivity contribution in [3.8, 4) is 10.6 Å². The van der Waals surface area contributed by atoms with Crippen LogP contribution in [0.15, 0.2) is 42.5 Å². The summed E-state index contributed by atoms with van der Waals surface area (Å²) < 4.78 is 57.5. The number of benzene rings is 2. The number of aromatic nitrogens is 1. The third-order valence-corrected chi connectivity index (χ3v) is 9.01. The first kappa shape index (κ1) is 29.5. The molecule has 0 aliphatic carbocycles. The number of nitrogens with one attached hydrogen (secondary N) is 1. The number of carbonyl (C=O) groups excluding carboxylic acids is 2. The molecule has 15 heteroatoms. The number of amides is 2. The molecule has 218 valence electrons. The molecular formula is C26H24ClF3N4O5S2. The Morgan fingerprint density at radius 2 is 1.83 bits per heavy atom. The molecule has 0 spiro atoms.